The summed E-state index contributed by atoms with van der Waals surface area (Å²) in [6.07, 6.45) is 35.9. The maximum absolute atomic E-state index is 2.55. The van der Waals surface area contributed by atoms with E-state index in [1.165, 1.54) is 148 Å². The Morgan fingerprint density at radius 3 is 1.39 bits per heavy atom. The lowest BCUT2D eigenvalue weighted by Gasteiger charge is -2.08. The largest absolute Gasteiger partial charge is 0.256 e. The number of imidazole rings is 1. The number of rotatable bonds is 24. The van der Waals surface area contributed by atoms with Crippen molar-refractivity contribution in [3.05, 3.63) is 18.2 Å². The first-order chi connectivity index (χ1) is 16.2. The summed E-state index contributed by atoms with van der Waals surface area (Å²) in [5, 5.41) is 0. The molecule has 1 aromatic rings. The van der Waals surface area contributed by atoms with E-state index in [0.717, 1.165) is 0 Å². The third-order valence-corrected chi connectivity index (χ3v) is 7.35. The predicted octanol–water partition coefficient (Wildman–Crippen LogP) is 10.1. The molecule has 0 N–H and O–H groups in total. The van der Waals surface area contributed by atoms with Crippen LogP contribution in [-0.2, 0) is 13.0 Å². The average Bonchev–Trinajstić information content (AvgIpc) is 3.21. The number of hydrogen-bond donors (Lipinski definition) is 0. The van der Waals surface area contributed by atoms with E-state index in [1.807, 2.05) is 0 Å². The van der Waals surface area contributed by atoms with Crippen LogP contribution < -0.4 is 4.57 Å². The van der Waals surface area contributed by atoms with E-state index in [1.54, 1.807) is 5.82 Å². The molecule has 0 saturated carbocycles. The lowest BCUT2D eigenvalue weighted by atomic mass is 10.0. The summed E-state index contributed by atoms with van der Waals surface area (Å²) in [5.74, 6) is 1.55. The molecule has 0 atom stereocenters. The van der Waals surface area contributed by atoms with Gasteiger partial charge in [0.15, 0.2) is 0 Å². The van der Waals surface area contributed by atoms with E-state index in [2.05, 4.69) is 49.2 Å². The molecular formula is C31H61N2+. The summed E-state index contributed by atoms with van der Waals surface area (Å²) >= 11 is 0. The Kier molecular flexibility index (Phi) is 19.9. The van der Waals surface area contributed by atoms with Crippen molar-refractivity contribution in [2.24, 2.45) is 0 Å². The van der Waals surface area contributed by atoms with Crippen molar-refractivity contribution >= 4 is 0 Å². The van der Waals surface area contributed by atoms with Gasteiger partial charge in [0, 0.05) is 6.42 Å². The Morgan fingerprint density at radius 1 is 0.576 bits per heavy atom. The number of nitrogens with zero attached hydrogens (tertiary/aromatic N) is 2. The molecule has 194 valence electrons. The lowest BCUT2D eigenvalue weighted by molar-refractivity contribution is -0.704. The molecule has 0 bridgehead atoms. The monoisotopic (exact) mass is 461 g/mol. The maximum atomic E-state index is 2.55. The highest BCUT2D eigenvalue weighted by Gasteiger charge is 2.18. The fourth-order valence-corrected chi connectivity index (χ4v) is 5.14. The van der Waals surface area contributed by atoms with Gasteiger partial charge < -0.3 is 0 Å². The quantitative estimate of drug-likeness (QED) is 0.107. The van der Waals surface area contributed by atoms with E-state index in [4.69, 9.17) is 0 Å². The maximum Gasteiger partial charge on any atom is 0.256 e. The fraction of sp³-hybridized carbons (Fsp3) is 0.903. The standard InChI is InChI=1S/C31H61N2/c1-5-7-9-11-12-13-14-15-16-17-18-19-20-21-22-23-25-27-32-28-29-33(30(3)4)31(32)26-24-10-8-6-2/h28-30H,5-27H2,1-4H3/q+1. The molecule has 33 heavy (non-hydrogen) atoms. The highest BCUT2D eigenvalue weighted by Crippen LogP contribution is 2.15. The van der Waals surface area contributed by atoms with Crippen LogP contribution in [-0.4, -0.2) is 4.57 Å². The van der Waals surface area contributed by atoms with Gasteiger partial charge in [0.25, 0.3) is 5.82 Å². The zero-order valence-electron chi connectivity index (χ0n) is 23.4. The molecule has 0 radical (unpaired) electrons. The second kappa shape index (κ2) is 21.7. The van der Waals surface area contributed by atoms with Gasteiger partial charge in [-0.15, -0.1) is 0 Å². The first-order valence-corrected chi connectivity index (χ1v) is 15.3. The fourth-order valence-electron chi connectivity index (χ4n) is 5.14. The molecule has 2 heteroatoms. The summed E-state index contributed by atoms with van der Waals surface area (Å²) < 4.78 is 5.05. The molecule has 1 heterocycles. The first-order valence-electron chi connectivity index (χ1n) is 15.3. The molecule has 2 nitrogen and oxygen atoms in total. The molecule has 1 aromatic heterocycles. The molecule has 1 rings (SSSR count). The number of hydrogen-bond acceptors (Lipinski definition) is 0. The second-order valence-electron chi connectivity index (χ2n) is 10.9. The van der Waals surface area contributed by atoms with Gasteiger partial charge in [0.2, 0.25) is 0 Å². The van der Waals surface area contributed by atoms with Gasteiger partial charge >= 0.3 is 0 Å². The summed E-state index contributed by atoms with van der Waals surface area (Å²) in [6, 6.07) is 0.572. The van der Waals surface area contributed by atoms with Gasteiger partial charge in [0.05, 0.1) is 12.6 Å². The molecule has 0 aliphatic rings. The lowest BCUT2D eigenvalue weighted by Crippen LogP contribution is -2.37. The summed E-state index contributed by atoms with van der Waals surface area (Å²) in [4.78, 5) is 0. The molecule has 0 aliphatic carbocycles. The first kappa shape index (κ1) is 30.2. The SMILES string of the molecule is CCCCCCCCCCCCCCCCCCC[n+]1ccn(C(C)C)c1CCCCCC. The molecule has 0 aromatic carbocycles. The zero-order valence-corrected chi connectivity index (χ0v) is 23.4. The van der Waals surface area contributed by atoms with Crippen LogP contribution in [0.3, 0.4) is 0 Å². The van der Waals surface area contributed by atoms with Crippen LogP contribution in [0.2, 0.25) is 0 Å². The molecule has 0 amide bonds. The van der Waals surface area contributed by atoms with Crippen LogP contribution in [0.1, 0.15) is 174 Å². The van der Waals surface area contributed by atoms with Gasteiger partial charge in [-0.2, -0.15) is 0 Å². The van der Waals surface area contributed by atoms with Crippen molar-refractivity contribution in [3.8, 4) is 0 Å². The second-order valence-corrected chi connectivity index (χ2v) is 10.9. The van der Waals surface area contributed by atoms with Gasteiger partial charge in [-0.3, -0.25) is 0 Å². The Bertz CT molecular complexity index is 531. The van der Waals surface area contributed by atoms with Crippen LogP contribution >= 0.6 is 0 Å². The van der Waals surface area contributed by atoms with E-state index in [0.29, 0.717) is 6.04 Å². The number of aryl methyl sites for hydroxylation is 1. The van der Waals surface area contributed by atoms with E-state index in [9.17, 15) is 0 Å². The predicted molar refractivity (Wildman–Crippen MR) is 147 cm³/mol. The van der Waals surface area contributed by atoms with Crippen LogP contribution in [0.5, 0.6) is 0 Å². The highest BCUT2D eigenvalue weighted by atomic mass is 15.2. The zero-order chi connectivity index (χ0) is 24.0. The van der Waals surface area contributed by atoms with Crippen molar-refractivity contribution in [1.29, 1.82) is 0 Å². The summed E-state index contributed by atoms with van der Waals surface area (Å²) in [6.45, 7) is 10.4. The van der Waals surface area contributed by atoms with Gasteiger partial charge in [-0.25, -0.2) is 9.13 Å². The molecule has 0 fully saturated rings. The van der Waals surface area contributed by atoms with Gasteiger partial charge in [-0.1, -0.05) is 129 Å². The molecule has 0 unspecified atom stereocenters. The van der Waals surface area contributed by atoms with Crippen molar-refractivity contribution in [3.63, 3.8) is 0 Å². The van der Waals surface area contributed by atoms with Crippen molar-refractivity contribution in [2.45, 2.75) is 182 Å². The van der Waals surface area contributed by atoms with E-state index in [-0.39, 0.29) is 0 Å². The van der Waals surface area contributed by atoms with E-state index >= 15 is 0 Å². The van der Waals surface area contributed by atoms with Gasteiger partial charge in [-0.05, 0) is 33.1 Å². The summed E-state index contributed by atoms with van der Waals surface area (Å²) in [7, 11) is 0. The summed E-state index contributed by atoms with van der Waals surface area (Å²) in [5.41, 5.74) is 0. The topological polar surface area (TPSA) is 8.81 Å². The number of aromatic nitrogens is 2. The van der Waals surface area contributed by atoms with E-state index < -0.39 is 0 Å². The van der Waals surface area contributed by atoms with Crippen molar-refractivity contribution in [2.75, 3.05) is 0 Å². The highest BCUT2D eigenvalue weighted by molar-refractivity contribution is 4.86. The Balaban J connectivity index is 1.99. The minimum absolute atomic E-state index is 0.572. The molecule has 0 spiro atoms. The average molecular weight is 462 g/mol. The van der Waals surface area contributed by atoms with Crippen molar-refractivity contribution in [1.82, 2.24) is 4.57 Å². The third-order valence-electron chi connectivity index (χ3n) is 7.35. The van der Waals surface area contributed by atoms with Gasteiger partial charge in [0.1, 0.15) is 12.4 Å². The Morgan fingerprint density at radius 2 is 0.970 bits per heavy atom. The Hall–Kier alpha value is -0.790. The van der Waals surface area contributed by atoms with Crippen molar-refractivity contribution < 1.29 is 4.57 Å². The normalized spacial score (nSPS) is 11.7. The Labute approximate surface area is 208 Å². The molecule has 0 saturated heterocycles. The van der Waals surface area contributed by atoms with Crippen LogP contribution in [0.4, 0.5) is 0 Å². The minimum atomic E-state index is 0.572. The number of unbranched alkanes of at least 4 members (excludes halogenated alkanes) is 19. The minimum Gasteiger partial charge on any atom is -0.234 e. The molecular weight excluding hydrogens is 400 g/mol. The smallest absolute Gasteiger partial charge is 0.234 e. The van der Waals surface area contributed by atoms with Crippen LogP contribution in [0, 0.1) is 0 Å². The van der Waals surface area contributed by atoms with Crippen LogP contribution in [0.25, 0.3) is 0 Å². The third kappa shape index (κ3) is 15.7. The molecule has 0 aliphatic heterocycles. The van der Waals surface area contributed by atoms with Crippen LogP contribution in [0.15, 0.2) is 12.4 Å².